The lowest BCUT2D eigenvalue weighted by Gasteiger charge is -2.07. The molecule has 0 bridgehead atoms. The number of anilines is 1. The van der Waals surface area contributed by atoms with E-state index < -0.39 is 0 Å². The normalized spacial score (nSPS) is 10.1. The molecule has 2 rings (SSSR count). The zero-order valence-corrected chi connectivity index (χ0v) is 13.3. The van der Waals surface area contributed by atoms with Crippen LogP contribution in [0.25, 0.3) is 0 Å². The molecule has 0 unspecified atom stereocenters. The third-order valence-corrected chi connectivity index (χ3v) is 3.82. The highest BCUT2D eigenvalue weighted by atomic mass is 32.1. The fourth-order valence-electron chi connectivity index (χ4n) is 1.95. The van der Waals surface area contributed by atoms with Crippen molar-refractivity contribution in [1.29, 1.82) is 0 Å². The maximum atomic E-state index is 12.1. The molecule has 1 heterocycles. The summed E-state index contributed by atoms with van der Waals surface area (Å²) < 4.78 is 5.36. The summed E-state index contributed by atoms with van der Waals surface area (Å²) >= 11 is 1.33. The highest BCUT2D eigenvalue weighted by molar-refractivity contribution is 7.14. The van der Waals surface area contributed by atoms with Gasteiger partial charge in [-0.3, -0.25) is 9.59 Å². The van der Waals surface area contributed by atoms with Gasteiger partial charge in [0.05, 0.1) is 18.6 Å². The van der Waals surface area contributed by atoms with Gasteiger partial charge in [-0.25, -0.2) is 0 Å². The van der Waals surface area contributed by atoms with E-state index in [0.29, 0.717) is 17.2 Å². The van der Waals surface area contributed by atoms with Crippen molar-refractivity contribution >= 4 is 28.2 Å². The van der Waals surface area contributed by atoms with Crippen LogP contribution < -0.4 is 15.4 Å². The number of hydrogen-bond donors (Lipinski definition) is 2. The predicted molar refractivity (Wildman–Crippen MR) is 87.7 cm³/mol. The van der Waals surface area contributed by atoms with E-state index in [1.54, 1.807) is 18.5 Å². The van der Waals surface area contributed by atoms with E-state index in [-0.39, 0.29) is 18.2 Å². The standard InChI is InChI=1S/C16H18N2O3S/c1-3-21-12-6-4-11(5-7-12)10-14(19)18-16-13(8-9-22-16)15(20)17-2/h4-9H,3,10H2,1-2H3,(H,17,20)(H,18,19). The second-order valence-electron chi connectivity index (χ2n) is 4.54. The molecule has 0 saturated heterocycles. The molecule has 0 radical (unpaired) electrons. The Morgan fingerprint density at radius 3 is 2.55 bits per heavy atom. The maximum absolute atomic E-state index is 12.1. The van der Waals surface area contributed by atoms with Gasteiger partial charge >= 0.3 is 0 Å². The third kappa shape index (κ3) is 4.08. The molecule has 0 fully saturated rings. The molecule has 2 aromatic rings. The van der Waals surface area contributed by atoms with Gasteiger partial charge < -0.3 is 15.4 Å². The summed E-state index contributed by atoms with van der Waals surface area (Å²) in [5.74, 6) is 0.418. The largest absolute Gasteiger partial charge is 0.494 e. The lowest BCUT2D eigenvalue weighted by atomic mass is 10.1. The SMILES string of the molecule is CCOc1ccc(CC(=O)Nc2sccc2C(=O)NC)cc1. The van der Waals surface area contributed by atoms with Crippen LogP contribution in [0.3, 0.4) is 0 Å². The van der Waals surface area contributed by atoms with Gasteiger partial charge in [0, 0.05) is 7.05 Å². The molecule has 1 aromatic carbocycles. The van der Waals surface area contributed by atoms with E-state index in [9.17, 15) is 9.59 Å². The Morgan fingerprint density at radius 2 is 1.91 bits per heavy atom. The van der Waals surface area contributed by atoms with E-state index in [1.807, 2.05) is 31.2 Å². The van der Waals surface area contributed by atoms with E-state index in [0.717, 1.165) is 11.3 Å². The van der Waals surface area contributed by atoms with Crippen molar-refractivity contribution < 1.29 is 14.3 Å². The van der Waals surface area contributed by atoms with Crippen LogP contribution in [0.1, 0.15) is 22.8 Å². The minimum Gasteiger partial charge on any atom is -0.494 e. The fourth-order valence-corrected chi connectivity index (χ4v) is 2.75. The van der Waals surface area contributed by atoms with Crippen LogP contribution in [0.4, 0.5) is 5.00 Å². The van der Waals surface area contributed by atoms with Crippen LogP contribution in [0, 0.1) is 0 Å². The first-order chi connectivity index (χ1) is 10.6. The van der Waals surface area contributed by atoms with Crippen molar-refractivity contribution in [1.82, 2.24) is 5.32 Å². The van der Waals surface area contributed by atoms with Gasteiger partial charge in [-0.15, -0.1) is 11.3 Å². The Kier molecular flexibility index (Phi) is 5.55. The number of carbonyl (C=O) groups excluding carboxylic acids is 2. The summed E-state index contributed by atoms with van der Waals surface area (Å²) in [5, 5.41) is 7.67. The van der Waals surface area contributed by atoms with Gasteiger partial charge in [0.25, 0.3) is 5.91 Å². The van der Waals surface area contributed by atoms with Gasteiger partial charge in [0.2, 0.25) is 5.91 Å². The summed E-state index contributed by atoms with van der Waals surface area (Å²) in [5.41, 5.74) is 1.37. The molecule has 0 aliphatic heterocycles. The van der Waals surface area contributed by atoms with Crippen LogP contribution in [0.15, 0.2) is 35.7 Å². The van der Waals surface area contributed by atoms with Crippen LogP contribution >= 0.6 is 11.3 Å². The van der Waals surface area contributed by atoms with E-state index in [2.05, 4.69) is 10.6 Å². The molecule has 0 atom stereocenters. The van der Waals surface area contributed by atoms with Crippen molar-refractivity contribution in [3.05, 3.63) is 46.8 Å². The van der Waals surface area contributed by atoms with Crippen LogP contribution in [0.5, 0.6) is 5.75 Å². The maximum Gasteiger partial charge on any atom is 0.254 e. The first kappa shape index (κ1) is 16.0. The highest BCUT2D eigenvalue weighted by Crippen LogP contribution is 2.23. The average Bonchev–Trinajstić information content (AvgIpc) is 2.96. The van der Waals surface area contributed by atoms with Gasteiger partial charge in [-0.1, -0.05) is 12.1 Å². The number of hydrogen-bond acceptors (Lipinski definition) is 4. The second-order valence-corrected chi connectivity index (χ2v) is 5.46. The molecule has 2 N–H and O–H groups in total. The second kappa shape index (κ2) is 7.61. The Morgan fingerprint density at radius 1 is 1.18 bits per heavy atom. The van der Waals surface area contributed by atoms with Crippen molar-refractivity contribution in [2.75, 3.05) is 19.0 Å². The average molecular weight is 318 g/mol. The minimum atomic E-state index is -0.211. The Balaban J connectivity index is 1.98. The van der Waals surface area contributed by atoms with E-state index in [1.165, 1.54) is 11.3 Å². The van der Waals surface area contributed by atoms with E-state index >= 15 is 0 Å². The van der Waals surface area contributed by atoms with Crippen LogP contribution in [-0.2, 0) is 11.2 Å². The zero-order chi connectivity index (χ0) is 15.9. The molecule has 0 saturated carbocycles. The quantitative estimate of drug-likeness (QED) is 0.860. The Hall–Kier alpha value is -2.34. The summed E-state index contributed by atoms with van der Waals surface area (Å²) in [6.07, 6.45) is 0.248. The summed E-state index contributed by atoms with van der Waals surface area (Å²) in [6.45, 7) is 2.53. The third-order valence-electron chi connectivity index (χ3n) is 2.99. The Bertz CT molecular complexity index is 650. The van der Waals surface area contributed by atoms with Crippen molar-refractivity contribution in [2.24, 2.45) is 0 Å². The number of amides is 2. The summed E-state index contributed by atoms with van der Waals surface area (Å²) in [6, 6.07) is 9.09. The topological polar surface area (TPSA) is 67.4 Å². The highest BCUT2D eigenvalue weighted by Gasteiger charge is 2.14. The van der Waals surface area contributed by atoms with Crippen molar-refractivity contribution in [3.8, 4) is 5.75 Å². The predicted octanol–water partition coefficient (Wildman–Crippen LogP) is 2.69. The van der Waals surface area contributed by atoms with Crippen LogP contribution in [-0.4, -0.2) is 25.5 Å². The minimum absolute atomic E-state index is 0.156. The van der Waals surface area contributed by atoms with Crippen molar-refractivity contribution in [3.63, 3.8) is 0 Å². The smallest absolute Gasteiger partial charge is 0.254 e. The van der Waals surface area contributed by atoms with Gasteiger partial charge in [0.15, 0.2) is 0 Å². The molecule has 2 amide bonds. The number of benzene rings is 1. The molecule has 116 valence electrons. The number of carbonyl (C=O) groups is 2. The molecule has 1 aromatic heterocycles. The van der Waals surface area contributed by atoms with Gasteiger partial charge in [0.1, 0.15) is 10.8 Å². The number of nitrogens with one attached hydrogen (secondary N) is 2. The monoisotopic (exact) mass is 318 g/mol. The summed E-state index contributed by atoms with van der Waals surface area (Å²) in [4.78, 5) is 23.8. The lowest BCUT2D eigenvalue weighted by Crippen LogP contribution is -2.20. The molecular weight excluding hydrogens is 300 g/mol. The molecular formula is C16H18N2O3S. The van der Waals surface area contributed by atoms with Gasteiger partial charge in [-0.05, 0) is 36.1 Å². The molecule has 22 heavy (non-hydrogen) atoms. The first-order valence-corrected chi connectivity index (χ1v) is 7.83. The molecule has 0 spiro atoms. The number of ether oxygens (including phenoxy) is 1. The summed E-state index contributed by atoms with van der Waals surface area (Å²) in [7, 11) is 1.56. The zero-order valence-electron chi connectivity index (χ0n) is 12.5. The van der Waals surface area contributed by atoms with E-state index in [4.69, 9.17) is 4.74 Å². The lowest BCUT2D eigenvalue weighted by molar-refractivity contribution is -0.115. The molecule has 0 aliphatic rings. The Labute approximate surface area is 133 Å². The van der Waals surface area contributed by atoms with Gasteiger partial charge in [-0.2, -0.15) is 0 Å². The molecule has 0 aliphatic carbocycles. The molecule has 6 heteroatoms. The fraction of sp³-hybridized carbons (Fsp3) is 0.250. The first-order valence-electron chi connectivity index (χ1n) is 6.95. The number of thiophene rings is 1. The van der Waals surface area contributed by atoms with Crippen LogP contribution in [0.2, 0.25) is 0 Å². The van der Waals surface area contributed by atoms with Crippen molar-refractivity contribution in [2.45, 2.75) is 13.3 Å². The molecule has 5 nitrogen and oxygen atoms in total. The number of rotatable bonds is 6.